The lowest BCUT2D eigenvalue weighted by atomic mass is 10.0. The Hall–Kier alpha value is -2.56. The normalized spacial score (nSPS) is 16.9. The number of anilines is 1. The zero-order valence-electron chi connectivity index (χ0n) is 14.2. The van der Waals surface area contributed by atoms with Gasteiger partial charge in [0, 0.05) is 19.3 Å². The van der Waals surface area contributed by atoms with Crippen LogP contribution in [-0.4, -0.2) is 29.6 Å². The molecule has 1 aromatic heterocycles. The average Bonchev–Trinajstić information content (AvgIpc) is 3.10. The number of likely N-dealkylation sites (tertiary alicyclic amines) is 1. The van der Waals surface area contributed by atoms with Crippen LogP contribution in [0.5, 0.6) is 0 Å². The van der Waals surface area contributed by atoms with Crippen molar-refractivity contribution in [3.8, 4) is 0 Å². The first-order chi connectivity index (χ1) is 11.7. The van der Waals surface area contributed by atoms with Crippen LogP contribution in [0.1, 0.15) is 35.7 Å². The molecule has 24 heavy (non-hydrogen) atoms. The van der Waals surface area contributed by atoms with Crippen molar-refractivity contribution in [3.05, 3.63) is 59.3 Å². The van der Waals surface area contributed by atoms with Gasteiger partial charge >= 0.3 is 6.09 Å². The van der Waals surface area contributed by atoms with Crippen LogP contribution in [0.2, 0.25) is 0 Å². The van der Waals surface area contributed by atoms with E-state index in [-0.39, 0.29) is 12.1 Å². The Bertz CT molecular complexity index is 703. The number of aromatic nitrogens is 1. The maximum Gasteiger partial charge on any atom is 0.410 e. The molecule has 5 nitrogen and oxygen atoms in total. The fourth-order valence-electron chi connectivity index (χ4n) is 3.17. The maximum absolute atomic E-state index is 12.5. The van der Waals surface area contributed by atoms with Gasteiger partial charge in [0.15, 0.2) is 0 Å². The van der Waals surface area contributed by atoms with E-state index in [4.69, 9.17) is 4.74 Å². The molecular formula is C19H23N3O2. The van der Waals surface area contributed by atoms with Gasteiger partial charge in [-0.05, 0) is 37.0 Å². The molecule has 1 aromatic carbocycles. The molecule has 0 bridgehead atoms. The molecule has 126 valence electrons. The van der Waals surface area contributed by atoms with Crippen LogP contribution in [0, 0.1) is 6.92 Å². The first-order valence-electron chi connectivity index (χ1n) is 8.31. The Balaban J connectivity index is 1.69. The van der Waals surface area contributed by atoms with Crippen LogP contribution in [0.3, 0.4) is 0 Å². The van der Waals surface area contributed by atoms with Gasteiger partial charge in [-0.2, -0.15) is 0 Å². The topological polar surface area (TPSA) is 54.5 Å². The summed E-state index contributed by atoms with van der Waals surface area (Å²) in [7, 11) is 1.85. The first-order valence-corrected chi connectivity index (χ1v) is 8.31. The van der Waals surface area contributed by atoms with Crippen molar-refractivity contribution < 1.29 is 9.53 Å². The molecule has 1 fully saturated rings. The zero-order chi connectivity index (χ0) is 16.9. The smallest absolute Gasteiger partial charge is 0.410 e. The number of aryl methyl sites for hydroxylation is 1. The second kappa shape index (κ2) is 7.34. The van der Waals surface area contributed by atoms with Crippen molar-refractivity contribution in [3.63, 3.8) is 0 Å². The van der Waals surface area contributed by atoms with Crippen LogP contribution < -0.4 is 5.32 Å². The number of pyridine rings is 1. The van der Waals surface area contributed by atoms with Gasteiger partial charge in [0.05, 0.1) is 6.04 Å². The number of amides is 1. The molecule has 3 rings (SSSR count). The summed E-state index contributed by atoms with van der Waals surface area (Å²) in [6, 6.07) is 13.8. The van der Waals surface area contributed by atoms with Crippen LogP contribution in [-0.2, 0) is 11.3 Å². The number of rotatable bonds is 4. The van der Waals surface area contributed by atoms with E-state index in [0.29, 0.717) is 6.61 Å². The fourth-order valence-corrected chi connectivity index (χ4v) is 3.17. The summed E-state index contributed by atoms with van der Waals surface area (Å²) < 4.78 is 5.50. The van der Waals surface area contributed by atoms with Crippen molar-refractivity contribution in [2.24, 2.45) is 0 Å². The number of hydrogen-bond donors (Lipinski definition) is 1. The van der Waals surface area contributed by atoms with E-state index >= 15 is 0 Å². The van der Waals surface area contributed by atoms with Crippen LogP contribution in [0.25, 0.3) is 0 Å². The van der Waals surface area contributed by atoms with E-state index in [1.807, 2.05) is 55.3 Å². The molecule has 1 N–H and O–H groups in total. The number of benzene rings is 1. The Morgan fingerprint density at radius 3 is 2.79 bits per heavy atom. The standard InChI is InChI=1S/C19H23N3O2/c1-14-16(10-11-18(20-2)21-14)17-9-6-12-22(17)19(23)24-13-15-7-4-3-5-8-15/h3-5,7-8,10-11,17H,6,9,12-13H2,1-2H3,(H,20,21)/t17-/m1/s1. The van der Waals surface area contributed by atoms with Gasteiger partial charge in [-0.15, -0.1) is 0 Å². The summed E-state index contributed by atoms with van der Waals surface area (Å²) >= 11 is 0. The summed E-state index contributed by atoms with van der Waals surface area (Å²) in [4.78, 5) is 18.9. The SMILES string of the molecule is CNc1ccc([C@H]2CCCN2C(=O)OCc2ccccc2)c(C)n1. The van der Waals surface area contributed by atoms with Crippen molar-refractivity contribution >= 4 is 11.9 Å². The Morgan fingerprint density at radius 1 is 1.29 bits per heavy atom. The minimum atomic E-state index is -0.251. The number of ether oxygens (including phenoxy) is 1. The third-order valence-electron chi connectivity index (χ3n) is 4.43. The van der Waals surface area contributed by atoms with E-state index in [9.17, 15) is 4.79 Å². The highest BCUT2D eigenvalue weighted by Gasteiger charge is 2.32. The minimum Gasteiger partial charge on any atom is -0.445 e. The van der Waals surface area contributed by atoms with E-state index in [0.717, 1.165) is 42.0 Å². The second-order valence-electron chi connectivity index (χ2n) is 6.01. The Labute approximate surface area is 142 Å². The van der Waals surface area contributed by atoms with E-state index < -0.39 is 0 Å². The molecule has 0 radical (unpaired) electrons. The molecule has 1 amide bonds. The number of carbonyl (C=O) groups excluding carboxylic acids is 1. The monoisotopic (exact) mass is 325 g/mol. The highest BCUT2D eigenvalue weighted by Crippen LogP contribution is 2.34. The molecule has 1 aliphatic heterocycles. The fraction of sp³-hybridized carbons (Fsp3) is 0.368. The molecule has 1 saturated heterocycles. The molecule has 1 aliphatic rings. The number of nitrogens with zero attached hydrogens (tertiary/aromatic N) is 2. The minimum absolute atomic E-state index is 0.0479. The summed E-state index contributed by atoms with van der Waals surface area (Å²) in [5.41, 5.74) is 3.05. The lowest BCUT2D eigenvalue weighted by Crippen LogP contribution is -2.31. The molecule has 0 saturated carbocycles. The predicted octanol–water partition coefficient (Wildman–Crippen LogP) is 3.91. The van der Waals surface area contributed by atoms with Gasteiger partial charge in [-0.25, -0.2) is 9.78 Å². The zero-order valence-corrected chi connectivity index (χ0v) is 14.2. The Morgan fingerprint density at radius 2 is 2.08 bits per heavy atom. The van der Waals surface area contributed by atoms with Crippen molar-refractivity contribution in [2.45, 2.75) is 32.4 Å². The van der Waals surface area contributed by atoms with Gasteiger partial charge < -0.3 is 15.0 Å². The van der Waals surface area contributed by atoms with Gasteiger partial charge in [-0.3, -0.25) is 0 Å². The highest BCUT2D eigenvalue weighted by atomic mass is 16.6. The first kappa shape index (κ1) is 16.3. The third-order valence-corrected chi connectivity index (χ3v) is 4.43. The van der Waals surface area contributed by atoms with Gasteiger partial charge in [0.2, 0.25) is 0 Å². The largest absolute Gasteiger partial charge is 0.445 e. The number of nitrogens with one attached hydrogen (secondary N) is 1. The van der Waals surface area contributed by atoms with E-state index in [1.54, 1.807) is 0 Å². The second-order valence-corrected chi connectivity index (χ2v) is 6.01. The molecule has 1 atom stereocenters. The summed E-state index contributed by atoms with van der Waals surface area (Å²) in [5.74, 6) is 0.840. The summed E-state index contributed by atoms with van der Waals surface area (Å²) in [6.07, 6.45) is 1.68. The lowest BCUT2D eigenvalue weighted by Gasteiger charge is -2.25. The number of hydrogen-bond acceptors (Lipinski definition) is 4. The van der Waals surface area contributed by atoms with Crippen molar-refractivity contribution in [2.75, 3.05) is 18.9 Å². The van der Waals surface area contributed by atoms with Crippen LogP contribution in [0.4, 0.5) is 10.6 Å². The average molecular weight is 325 g/mol. The van der Waals surface area contributed by atoms with Gasteiger partial charge in [0.25, 0.3) is 0 Å². The highest BCUT2D eigenvalue weighted by molar-refractivity contribution is 5.69. The Kier molecular flexibility index (Phi) is 4.99. The molecule has 0 unspecified atom stereocenters. The third kappa shape index (κ3) is 3.50. The van der Waals surface area contributed by atoms with Crippen molar-refractivity contribution in [1.29, 1.82) is 0 Å². The van der Waals surface area contributed by atoms with Crippen LogP contribution >= 0.6 is 0 Å². The molecule has 0 spiro atoms. The molecule has 2 aromatic rings. The van der Waals surface area contributed by atoms with Crippen molar-refractivity contribution in [1.82, 2.24) is 9.88 Å². The predicted molar refractivity (Wildman–Crippen MR) is 93.8 cm³/mol. The van der Waals surface area contributed by atoms with E-state index in [1.165, 1.54) is 0 Å². The van der Waals surface area contributed by atoms with Gasteiger partial charge in [0.1, 0.15) is 12.4 Å². The van der Waals surface area contributed by atoms with E-state index in [2.05, 4.69) is 16.4 Å². The summed E-state index contributed by atoms with van der Waals surface area (Å²) in [5, 5.41) is 3.04. The van der Waals surface area contributed by atoms with Gasteiger partial charge in [-0.1, -0.05) is 36.4 Å². The maximum atomic E-state index is 12.5. The molecule has 2 heterocycles. The quantitative estimate of drug-likeness (QED) is 0.926. The molecular weight excluding hydrogens is 302 g/mol. The number of carbonyl (C=O) groups is 1. The summed E-state index contributed by atoms with van der Waals surface area (Å²) in [6.45, 7) is 3.02. The lowest BCUT2D eigenvalue weighted by molar-refractivity contribution is 0.0919. The van der Waals surface area contributed by atoms with Crippen LogP contribution in [0.15, 0.2) is 42.5 Å². The molecule has 5 heteroatoms. The molecule has 0 aliphatic carbocycles.